The predicted octanol–water partition coefficient (Wildman–Crippen LogP) is 30.2. The van der Waals surface area contributed by atoms with Crippen LogP contribution in [0.1, 0.15) is 329 Å². The maximum atomic E-state index is 14.9. The van der Waals surface area contributed by atoms with Gasteiger partial charge in [-0.3, -0.25) is 0 Å². The molecule has 630 valence electrons. The van der Waals surface area contributed by atoms with E-state index in [9.17, 15) is 30.6 Å². The van der Waals surface area contributed by atoms with Gasteiger partial charge >= 0.3 is 737 Å². The van der Waals surface area contributed by atoms with Gasteiger partial charge in [-0.05, 0) is 0 Å². The number of carbonyl (C=O) groups excluding carboxylic acids is 2. The number of Topliss-reactive ketones (excluding diaryl/α,β-unsaturated/α-hetero) is 2. The summed E-state index contributed by atoms with van der Waals surface area (Å²) < 4.78 is 5.50. The first-order chi connectivity index (χ1) is 60.8. The van der Waals surface area contributed by atoms with Crippen molar-refractivity contribution in [1.29, 1.82) is 21.0 Å². The molecule has 0 saturated heterocycles. The molecule has 6 nitrogen and oxygen atoms in total. The van der Waals surface area contributed by atoms with Crippen LogP contribution in [0.15, 0.2) is 204 Å². The van der Waals surface area contributed by atoms with Gasteiger partial charge in [0.25, 0.3) is 0 Å². The van der Waals surface area contributed by atoms with E-state index in [2.05, 4.69) is 213 Å². The topological polar surface area (TPSA) is 129 Å². The van der Waals surface area contributed by atoms with Gasteiger partial charge in [0.05, 0.1) is 0 Å². The Balaban J connectivity index is 1.03. The molecule has 0 aliphatic heterocycles. The summed E-state index contributed by atoms with van der Waals surface area (Å²) in [5.74, 6) is 0.563. The van der Waals surface area contributed by atoms with Crippen molar-refractivity contribution in [3.63, 3.8) is 0 Å². The van der Waals surface area contributed by atoms with E-state index in [1.54, 1.807) is 22.7 Å². The first-order valence-electron chi connectivity index (χ1n) is 46.7. The molecule has 7 aromatic carbocycles. The van der Waals surface area contributed by atoms with E-state index in [0.29, 0.717) is 56.4 Å². The molecule has 0 saturated carbocycles. The fourth-order valence-corrected chi connectivity index (χ4v) is 28.6. The van der Waals surface area contributed by atoms with Crippen molar-refractivity contribution in [3.05, 3.63) is 314 Å². The first kappa shape index (κ1) is 89.0. The second-order valence-corrected chi connectivity index (χ2v) is 41.8. The summed E-state index contributed by atoms with van der Waals surface area (Å²) in [5.41, 5.74) is 23.4. The summed E-state index contributed by atoms with van der Waals surface area (Å²) in [6.45, 7) is 18.5. The van der Waals surface area contributed by atoms with Crippen LogP contribution in [0.2, 0.25) is 0 Å². The van der Waals surface area contributed by atoms with Crippen LogP contribution in [0.25, 0.3) is 61.9 Å². The Morgan fingerprint density at radius 3 is 0.952 bits per heavy atom. The molecule has 11 aromatic rings. The molecule has 2 atom stereocenters. The molecule has 0 bridgehead atoms. The zero-order chi connectivity index (χ0) is 86.4. The Morgan fingerprint density at radius 1 is 0.355 bits per heavy atom. The normalized spacial score (nSPS) is 14.8. The third-order valence-corrected chi connectivity index (χ3v) is 35.1. The molecule has 15 rings (SSSR count). The number of hydrogen-bond acceptors (Lipinski definition) is 8. The number of hydrogen-bond donors (Lipinski definition) is 0. The maximum absolute atomic E-state index is 14.9. The van der Waals surface area contributed by atoms with Crippen molar-refractivity contribution in [3.8, 4) is 62.9 Å². The number of ketones is 2. The number of nitriles is 4. The van der Waals surface area contributed by atoms with Crippen molar-refractivity contribution in [2.75, 3.05) is 0 Å². The quantitative estimate of drug-likeness (QED) is 0.0163. The number of rotatable bonds is 40. The molecular formula is C114H118N4O2S2Se2. The Bertz CT molecular complexity index is 5520. The van der Waals surface area contributed by atoms with Crippen LogP contribution < -0.4 is 0 Å². The fraction of sp³-hybridized carbons (Fsp3) is 0.368. The van der Waals surface area contributed by atoms with Gasteiger partial charge in [0.15, 0.2) is 0 Å². The first-order valence-corrected chi connectivity index (χ1v) is 51.8. The van der Waals surface area contributed by atoms with Crippen LogP contribution in [0.4, 0.5) is 0 Å². The predicted molar refractivity (Wildman–Crippen MR) is 521 cm³/mol. The summed E-state index contributed by atoms with van der Waals surface area (Å²) in [5, 5.41) is 42.4. The molecule has 124 heavy (non-hydrogen) atoms. The Kier molecular flexibility index (Phi) is 29.5. The van der Waals surface area contributed by atoms with E-state index in [1.807, 2.05) is 60.7 Å². The standard InChI is InChI=1S/C114H118N4O2S2Se2/c1-9-17-23-27-37-77-45-53-85(54-46-77)113(86-55-47-78(48-56-86)38-28-24-18-10-2)99-67-96-100(68-95(99)111-101(113)69-103(123-111)109-81(61-75(15-7)35-21-13-5)63-89(121-109)65-97-105(83(71-115)72-116)91-41-31-33-43-93(91)107(97)119)114(87-57-49-79(50-58-87)39-29-25-19-11-3,88-59-51-80(52-60-88)40-30-26-20-12-4)102-70-104(124-112(96)102)110-82(62-76(16-8)36-22-14-6)64-90(122-110)66-98-106(84(73-117)74-118)92-42-32-34-44-94(92)108(98)120/h31-34,41-60,63-70,75-76H,9-30,35-40,61-62H2,1-8H3/b97-65-,98-66-. The van der Waals surface area contributed by atoms with Gasteiger partial charge in [-0.1, -0.05) is 27.7 Å². The molecule has 0 amide bonds. The Morgan fingerprint density at radius 2 is 0.661 bits per heavy atom. The number of allylic oxidation sites excluding steroid dienone is 6. The molecule has 0 spiro atoms. The zero-order valence-electron chi connectivity index (χ0n) is 74.1. The monoisotopic (exact) mass is 1800 g/mol. The van der Waals surface area contributed by atoms with Gasteiger partial charge < -0.3 is 0 Å². The van der Waals surface area contributed by atoms with E-state index in [0.717, 1.165) is 125 Å². The van der Waals surface area contributed by atoms with Crippen LogP contribution >= 0.6 is 22.7 Å². The number of benzene rings is 7. The molecular weight excluding hydrogens is 1680 g/mol. The molecule has 0 fully saturated rings. The number of nitrogens with zero attached hydrogens (tertiary/aromatic N) is 4. The third-order valence-electron chi connectivity index (χ3n) is 27.2. The van der Waals surface area contributed by atoms with Crippen molar-refractivity contribution in [2.24, 2.45) is 11.8 Å². The van der Waals surface area contributed by atoms with Crippen LogP contribution in [-0.2, 0) is 49.4 Å². The Hall–Kier alpha value is -9.80. The van der Waals surface area contributed by atoms with E-state index in [-0.39, 0.29) is 51.7 Å². The number of thiophene rings is 2. The van der Waals surface area contributed by atoms with Crippen LogP contribution in [0, 0.1) is 57.2 Å². The number of carbonyl (C=O) groups is 2. The molecule has 0 radical (unpaired) electrons. The van der Waals surface area contributed by atoms with Crippen LogP contribution in [0.3, 0.4) is 0 Å². The van der Waals surface area contributed by atoms with Gasteiger partial charge in [-0.25, -0.2) is 0 Å². The van der Waals surface area contributed by atoms with E-state index in [1.165, 1.54) is 194 Å². The molecule has 0 N–H and O–H groups in total. The summed E-state index contributed by atoms with van der Waals surface area (Å²) in [6.07, 6.45) is 37.8. The van der Waals surface area contributed by atoms with Gasteiger partial charge in [0.1, 0.15) is 0 Å². The van der Waals surface area contributed by atoms with Gasteiger partial charge in [-0.15, -0.1) is 0 Å². The van der Waals surface area contributed by atoms with Crippen molar-refractivity contribution >= 4 is 86.5 Å². The number of fused-ring (bicyclic) bond motifs is 8. The van der Waals surface area contributed by atoms with Crippen LogP contribution in [0.5, 0.6) is 0 Å². The summed E-state index contributed by atoms with van der Waals surface area (Å²) in [6, 6.07) is 78.9. The minimum absolute atomic E-state index is 0.0529. The summed E-state index contributed by atoms with van der Waals surface area (Å²) in [4.78, 5) is 34.2. The van der Waals surface area contributed by atoms with Crippen molar-refractivity contribution < 1.29 is 9.59 Å². The van der Waals surface area contributed by atoms with E-state index < -0.39 is 10.8 Å². The summed E-state index contributed by atoms with van der Waals surface area (Å²) in [7, 11) is 0. The van der Waals surface area contributed by atoms with Crippen LogP contribution in [-0.4, -0.2) is 40.6 Å². The van der Waals surface area contributed by atoms with Crippen molar-refractivity contribution in [1.82, 2.24) is 0 Å². The molecule has 4 aliphatic carbocycles. The number of unbranched alkanes of at least 4 members (excludes halogenated alkanes) is 14. The second kappa shape index (κ2) is 41.1. The van der Waals surface area contributed by atoms with Gasteiger partial charge in [0, 0.05) is 0 Å². The number of aryl methyl sites for hydroxylation is 4. The molecule has 4 aromatic heterocycles. The minimum atomic E-state index is -0.766. The second-order valence-electron chi connectivity index (χ2n) is 35.2. The molecule has 2 unspecified atom stereocenters. The molecule has 4 heterocycles. The average Bonchev–Trinajstić information content (AvgIpc) is 1.50. The third kappa shape index (κ3) is 17.7. The van der Waals surface area contributed by atoms with Crippen molar-refractivity contribution in [2.45, 2.75) is 259 Å². The fourth-order valence-electron chi connectivity index (χ4n) is 20.4. The molecule has 4 aliphatic rings. The van der Waals surface area contributed by atoms with E-state index in [4.69, 9.17) is 0 Å². The molecule has 10 heteroatoms. The SMILES string of the molecule is CCCCCCc1ccc(C2(c3ccc(CCCCCC)cc3)c3cc4c(cc3-c3[se]c(-c5sc(/C=C6\C(=O)c7ccccc7C6=C(C#N)C#N)cc5CC(CC)CCCC)cc32)C(c2ccc(CCCCCC)cc2)(c2ccc(CCCCCC)cc2)c2cc(-c3sc(/C=C5\C(=O)c6ccccc6C5=C(C#N)C#N)cc3CC(CC)CCCC)[se]c2-4)cc1. The zero-order valence-corrected chi connectivity index (χ0v) is 79.1. The summed E-state index contributed by atoms with van der Waals surface area (Å²) >= 11 is 3.09. The van der Waals surface area contributed by atoms with E-state index >= 15 is 0 Å². The van der Waals surface area contributed by atoms with Gasteiger partial charge in [-0.2, -0.15) is 0 Å². The Labute approximate surface area is 758 Å². The van der Waals surface area contributed by atoms with Gasteiger partial charge in [0.2, 0.25) is 0 Å². The average molecular weight is 1800 g/mol.